The fourth-order valence-corrected chi connectivity index (χ4v) is 4.23. The summed E-state index contributed by atoms with van der Waals surface area (Å²) in [6.07, 6.45) is 0.133. The summed E-state index contributed by atoms with van der Waals surface area (Å²) < 4.78 is 54.2. The van der Waals surface area contributed by atoms with Crippen LogP contribution in [0.4, 0.5) is 29.2 Å². The van der Waals surface area contributed by atoms with E-state index < -0.39 is 17.6 Å². The van der Waals surface area contributed by atoms with Crippen molar-refractivity contribution >= 4 is 23.2 Å². The van der Waals surface area contributed by atoms with Gasteiger partial charge in [-0.2, -0.15) is 13.2 Å². The molecule has 4 aromatic rings. The van der Waals surface area contributed by atoms with Crippen LogP contribution in [-0.2, 0) is 6.18 Å². The highest BCUT2D eigenvalue weighted by atomic mass is 35.5. The Kier molecular flexibility index (Phi) is 6.44. The average Bonchev–Trinajstić information content (AvgIpc) is 2.90. The maximum absolute atomic E-state index is 13.7. The summed E-state index contributed by atoms with van der Waals surface area (Å²) in [4.78, 5) is 21.0. The summed E-state index contributed by atoms with van der Waals surface area (Å²) in [7, 11) is 0. The molecule has 0 unspecified atom stereocenters. The molecular weight excluding hydrogens is 496 g/mol. The third-order valence-corrected chi connectivity index (χ3v) is 6.15. The minimum absolute atomic E-state index is 0.0254. The Balaban J connectivity index is 1.46. The Bertz CT molecular complexity index is 1370. The third kappa shape index (κ3) is 4.94. The lowest BCUT2D eigenvalue weighted by Crippen LogP contribution is -2.47. The highest BCUT2D eigenvalue weighted by Gasteiger charge is 2.36. The number of hydrogen-bond acceptors (Lipinski definition) is 6. The third-order valence-electron chi connectivity index (χ3n) is 5.86. The van der Waals surface area contributed by atoms with Gasteiger partial charge in [-0.15, -0.1) is 0 Å². The Morgan fingerprint density at radius 1 is 0.806 bits per heavy atom. The van der Waals surface area contributed by atoms with Gasteiger partial charge in [0, 0.05) is 62.0 Å². The average molecular weight is 515 g/mol. The van der Waals surface area contributed by atoms with E-state index in [0.717, 1.165) is 11.6 Å². The van der Waals surface area contributed by atoms with Crippen molar-refractivity contribution in [2.75, 3.05) is 36.0 Å². The first-order chi connectivity index (χ1) is 17.3. The minimum atomic E-state index is -4.49. The zero-order valence-corrected chi connectivity index (χ0v) is 19.5. The molecule has 4 heterocycles. The summed E-state index contributed by atoms with van der Waals surface area (Å²) in [6, 6.07) is 12.0. The molecule has 0 atom stereocenters. The van der Waals surface area contributed by atoms with Crippen LogP contribution in [0.1, 0.15) is 5.56 Å². The number of rotatable bonds is 4. The lowest BCUT2D eigenvalue weighted by molar-refractivity contribution is -0.137. The van der Waals surface area contributed by atoms with E-state index in [-0.39, 0.29) is 10.8 Å². The number of aromatic nitrogens is 4. The molecule has 6 nitrogen and oxygen atoms in total. The number of hydrogen-bond donors (Lipinski definition) is 0. The second-order valence-electron chi connectivity index (χ2n) is 8.15. The molecule has 1 aliphatic heterocycles. The van der Waals surface area contributed by atoms with E-state index in [4.69, 9.17) is 16.6 Å². The van der Waals surface area contributed by atoms with Crippen molar-refractivity contribution < 1.29 is 17.6 Å². The summed E-state index contributed by atoms with van der Waals surface area (Å²) in [5, 5.41) is -0.0254. The van der Waals surface area contributed by atoms with Crippen molar-refractivity contribution in [3.63, 3.8) is 0 Å². The van der Waals surface area contributed by atoms with E-state index in [0.29, 0.717) is 49.1 Å². The normalized spacial score (nSPS) is 14.2. The molecule has 36 heavy (non-hydrogen) atoms. The Morgan fingerprint density at radius 2 is 1.53 bits per heavy atom. The number of anilines is 2. The zero-order chi connectivity index (χ0) is 25.3. The lowest BCUT2D eigenvalue weighted by atomic mass is 10.1. The molecule has 1 saturated heterocycles. The number of nitrogens with zero attached hydrogens (tertiary/aromatic N) is 6. The van der Waals surface area contributed by atoms with Crippen LogP contribution in [0.25, 0.3) is 22.6 Å². The predicted octanol–water partition coefficient (Wildman–Crippen LogP) is 5.74. The van der Waals surface area contributed by atoms with Crippen molar-refractivity contribution in [3.8, 4) is 22.6 Å². The van der Waals surface area contributed by atoms with Crippen molar-refractivity contribution in [1.29, 1.82) is 0 Å². The fourth-order valence-electron chi connectivity index (χ4n) is 4.05. The van der Waals surface area contributed by atoms with E-state index in [2.05, 4.69) is 15.0 Å². The number of halogens is 5. The highest BCUT2D eigenvalue weighted by Crippen LogP contribution is 2.36. The summed E-state index contributed by atoms with van der Waals surface area (Å²) in [6.45, 7) is 1.49. The van der Waals surface area contributed by atoms with Gasteiger partial charge in [0.25, 0.3) is 0 Å². The summed E-state index contributed by atoms with van der Waals surface area (Å²) in [5.41, 5.74) is 1.14. The van der Waals surface area contributed by atoms with E-state index in [1.165, 1.54) is 24.4 Å². The number of pyridine rings is 2. The van der Waals surface area contributed by atoms with E-state index in [1.807, 2.05) is 4.90 Å². The predicted molar refractivity (Wildman–Crippen MR) is 129 cm³/mol. The Labute approximate surface area is 209 Å². The van der Waals surface area contributed by atoms with Gasteiger partial charge in [0.2, 0.25) is 0 Å². The fraction of sp³-hybridized carbons (Fsp3) is 0.200. The lowest BCUT2D eigenvalue weighted by Gasteiger charge is -2.37. The Morgan fingerprint density at radius 3 is 2.22 bits per heavy atom. The van der Waals surface area contributed by atoms with Gasteiger partial charge in [0.15, 0.2) is 5.82 Å². The van der Waals surface area contributed by atoms with Gasteiger partial charge in [0.05, 0.1) is 16.3 Å². The van der Waals surface area contributed by atoms with Gasteiger partial charge in [-0.3, -0.25) is 4.98 Å². The maximum atomic E-state index is 13.7. The monoisotopic (exact) mass is 514 g/mol. The first-order valence-corrected chi connectivity index (χ1v) is 11.4. The molecule has 184 valence electrons. The van der Waals surface area contributed by atoms with Crippen LogP contribution in [0.5, 0.6) is 0 Å². The van der Waals surface area contributed by atoms with Crippen LogP contribution in [0, 0.1) is 5.82 Å². The smallest absolute Gasteiger partial charge is 0.353 e. The molecule has 1 aromatic carbocycles. The van der Waals surface area contributed by atoms with Crippen molar-refractivity contribution in [1.82, 2.24) is 19.9 Å². The molecule has 0 N–H and O–H groups in total. The second-order valence-corrected chi connectivity index (χ2v) is 8.55. The molecule has 0 aliphatic carbocycles. The van der Waals surface area contributed by atoms with E-state index in [1.54, 1.807) is 41.6 Å². The van der Waals surface area contributed by atoms with Crippen LogP contribution in [0.3, 0.4) is 0 Å². The summed E-state index contributed by atoms with van der Waals surface area (Å²) in [5.74, 6) is 0.431. The van der Waals surface area contributed by atoms with Gasteiger partial charge in [0.1, 0.15) is 17.5 Å². The second kappa shape index (κ2) is 9.69. The molecule has 0 amide bonds. The molecule has 1 fully saturated rings. The first-order valence-electron chi connectivity index (χ1n) is 11.1. The minimum Gasteiger partial charge on any atom is -0.353 e. The topological polar surface area (TPSA) is 58.0 Å². The number of piperazine rings is 1. The summed E-state index contributed by atoms with van der Waals surface area (Å²) >= 11 is 6.00. The highest BCUT2D eigenvalue weighted by molar-refractivity contribution is 6.31. The number of benzene rings is 1. The zero-order valence-electron chi connectivity index (χ0n) is 18.8. The molecule has 1 aliphatic rings. The van der Waals surface area contributed by atoms with Gasteiger partial charge in [-0.1, -0.05) is 11.6 Å². The van der Waals surface area contributed by atoms with Gasteiger partial charge >= 0.3 is 6.18 Å². The molecule has 0 bridgehead atoms. The van der Waals surface area contributed by atoms with E-state index in [9.17, 15) is 17.6 Å². The quantitative estimate of drug-likeness (QED) is 0.324. The Hall–Kier alpha value is -3.79. The molecule has 0 spiro atoms. The molecular formula is C25H19ClF4N6. The van der Waals surface area contributed by atoms with Gasteiger partial charge in [-0.05, 0) is 42.5 Å². The molecule has 3 aromatic heterocycles. The standard InChI is InChI=1S/C25H19ClF4N6/c26-19-14-17(3-4-20(19)27)21-15-22(34-23(33-21)16-5-8-31-9-6-16)35-10-12-36(13-11-35)24-18(25(28,29)30)2-1-7-32-24/h1-9,14-15H,10-13H2. The van der Waals surface area contributed by atoms with Crippen LogP contribution in [0.2, 0.25) is 5.02 Å². The van der Waals surface area contributed by atoms with Crippen molar-refractivity contribution in [2.45, 2.75) is 6.18 Å². The van der Waals surface area contributed by atoms with Crippen LogP contribution in [0.15, 0.2) is 67.1 Å². The van der Waals surface area contributed by atoms with Gasteiger partial charge in [-0.25, -0.2) is 19.3 Å². The largest absolute Gasteiger partial charge is 0.419 e. The van der Waals surface area contributed by atoms with Crippen LogP contribution in [-0.4, -0.2) is 46.1 Å². The van der Waals surface area contributed by atoms with Crippen molar-refractivity contribution in [3.05, 3.63) is 83.5 Å². The first kappa shape index (κ1) is 23.9. The van der Waals surface area contributed by atoms with Crippen molar-refractivity contribution in [2.24, 2.45) is 0 Å². The molecule has 0 saturated carbocycles. The molecule has 11 heteroatoms. The maximum Gasteiger partial charge on any atom is 0.419 e. The van der Waals surface area contributed by atoms with E-state index >= 15 is 0 Å². The van der Waals surface area contributed by atoms with Crippen LogP contribution < -0.4 is 9.80 Å². The van der Waals surface area contributed by atoms with Gasteiger partial charge < -0.3 is 9.80 Å². The molecule has 5 rings (SSSR count). The number of alkyl halides is 3. The molecule has 0 radical (unpaired) electrons. The van der Waals surface area contributed by atoms with Crippen LogP contribution >= 0.6 is 11.6 Å². The SMILES string of the molecule is Fc1ccc(-c2cc(N3CCN(c4ncccc4C(F)(F)F)CC3)nc(-c3ccncc3)n2)cc1Cl.